The Morgan fingerprint density at radius 2 is 2.06 bits per heavy atom. The zero-order valence-corrected chi connectivity index (χ0v) is 9.97. The van der Waals surface area contributed by atoms with Gasteiger partial charge in [0, 0.05) is 12.1 Å². The predicted molar refractivity (Wildman–Crippen MR) is 61.2 cm³/mol. The van der Waals surface area contributed by atoms with Crippen LogP contribution in [0.5, 0.6) is 0 Å². The van der Waals surface area contributed by atoms with Gasteiger partial charge in [0.15, 0.2) is 0 Å². The van der Waals surface area contributed by atoms with E-state index in [0.717, 1.165) is 0 Å². The van der Waals surface area contributed by atoms with Gasteiger partial charge in [-0.15, -0.1) is 0 Å². The number of anilines is 1. The number of nitrogens with two attached hydrogens (primary N) is 1. The molecule has 0 fully saturated rings. The fourth-order valence-electron chi connectivity index (χ4n) is 1.18. The monoisotopic (exact) mass is 242 g/mol. The highest BCUT2D eigenvalue weighted by atomic mass is 32.2. The van der Waals surface area contributed by atoms with Gasteiger partial charge < -0.3 is 5.73 Å². The van der Waals surface area contributed by atoms with Crippen LogP contribution in [-0.4, -0.2) is 14.3 Å². The van der Waals surface area contributed by atoms with Crippen molar-refractivity contribution in [2.24, 2.45) is 0 Å². The molecule has 1 aromatic rings. The number of sulfonamides is 1. The molecule has 1 aromatic carbocycles. The van der Waals surface area contributed by atoms with Crippen molar-refractivity contribution in [1.82, 2.24) is 4.72 Å². The topological polar surface area (TPSA) is 89.3 Å². The van der Waals surface area contributed by atoms with Gasteiger partial charge in [0.2, 0.25) is 5.91 Å². The van der Waals surface area contributed by atoms with Crippen LogP contribution in [0.2, 0.25) is 0 Å². The van der Waals surface area contributed by atoms with Crippen LogP contribution in [0.3, 0.4) is 0 Å². The number of rotatable bonds is 3. The van der Waals surface area contributed by atoms with E-state index in [-0.39, 0.29) is 11.3 Å². The Hall–Kier alpha value is -1.56. The molecule has 0 unspecified atom stereocenters. The van der Waals surface area contributed by atoms with E-state index in [1.165, 1.54) is 6.07 Å². The van der Waals surface area contributed by atoms with Crippen molar-refractivity contribution in [2.45, 2.75) is 25.2 Å². The Bertz CT molecular complexity index is 509. The van der Waals surface area contributed by atoms with E-state index >= 15 is 0 Å². The van der Waals surface area contributed by atoms with Crippen molar-refractivity contribution in [1.29, 1.82) is 0 Å². The normalized spacial score (nSPS) is 11.1. The number of nitrogen functional groups attached to an aromatic ring is 1. The first kappa shape index (κ1) is 12.5. The number of carbonyl (C=O) groups is 1. The smallest absolute Gasteiger partial charge is 0.264 e. The summed E-state index contributed by atoms with van der Waals surface area (Å²) in [6, 6.07) is 4.54. The molecule has 0 aliphatic carbocycles. The summed E-state index contributed by atoms with van der Waals surface area (Å²) < 4.78 is 25.5. The fraction of sp³-hybridized carbons (Fsp3) is 0.300. The van der Waals surface area contributed by atoms with Crippen LogP contribution >= 0.6 is 0 Å². The molecule has 1 amide bonds. The second-order valence-electron chi connectivity index (χ2n) is 3.41. The third-order valence-electron chi connectivity index (χ3n) is 2.07. The largest absolute Gasteiger partial charge is 0.399 e. The first-order valence-electron chi connectivity index (χ1n) is 4.78. The molecule has 16 heavy (non-hydrogen) atoms. The molecular weight excluding hydrogens is 228 g/mol. The first-order chi connectivity index (χ1) is 7.36. The molecule has 0 radical (unpaired) electrons. The van der Waals surface area contributed by atoms with E-state index in [1.807, 2.05) is 4.72 Å². The zero-order chi connectivity index (χ0) is 12.3. The van der Waals surface area contributed by atoms with Crippen LogP contribution in [0.15, 0.2) is 23.1 Å². The second kappa shape index (κ2) is 4.52. The Morgan fingerprint density at radius 3 is 2.62 bits per heavy atom. The molecule has 3 N–H and O–H groups in total. The third-order valence-corrected chi connectivity index (χ3v) is 3.59. The van der Waals surface area contributed by atoms with E-state index < -0.39 is 15.9 Å². The van der Waals surface area contributed by atoms with Crippen molar-refractivity contribution in [3.05, 3.63) is 23.8 Å². The van der Waals surface area contributed by atoms with Gasteiger partial charge in [-0.3, -0.25) is 4.79 Å². The highest BCUT2D eigenvalue weighted by molar-refractivity contribution is 7.90. The molecule has 0 bridgehead atoms. The lowest BCUT2D eigenvalue weighted by Crippen LogP contribution is -2.30. The maximum atomic E-state index is 11.8. The summed E-state index contributed by atoms with van der Waals surface area (Å²) in [5.41, 5.74) is 6.40. The quantitative estimate of drug-likeness (QED) is 0.767. The van der Waals surface area contributed by atoms with Crippen LogP contribution in [0, 0.1) is 6.92 Å². The minimum atomic E-state index is -3.80. The summed E-state index contributed by atoms with van der Waals surface area (Å²) in [5, 5.41) is 0. The Morgan fingerprint density at radius 1 is 1.44 bits per heavy atom. The highest BCUT2D eigenvalue weighted by Gasteiger charge is 2.18. The molecule has 88 valence electrons. The van der Waals surface area contributed by atoms with Crippen LogP contribution in [0.1, 0.15) is 18.9 Å². The zero-order valence-electron chi connectivity index (χ0n) is 9.15. The number of carbonyl (C=O) groups excluding carboxylic acids is 1. The molecule has 0 aliphatic heterocycles. The summed E-state index contributed by atoms with van der Waals surface area (Å²) in [6.07, 6.45) is 0.112. The number of hydrogen-bond acceptors (Lipinski definition) is 4. The van der Waals surface area contributed by atoms with Gasteiger partial charge >= 0.3 is 0 Å². The van der Waals surface area contributed by atoms with Crippen molar-refractivity contribution >= 4 is 21.6 Å². The molecular formula is C10H14N2O3S. The highest BCUT2D eigenvalue weighted by Crippen LogP contribution is 2.17. The minimum absolute atomic E-state index is 0.0364. The summed E-state index contributed by atoms with van der Waals surface area (Å²) in [6.45, 7) is 3.22. The maximum Gasteiger partial charge on any atom is 0.264 e. The molecule has 6 heteroatoms. The van der Waals surface area contributed by atoms with Crippen molar-refractivity contribution < 1.29 is 13.2 Å². The molecule has 0 saturated carbocycles. The Balaban J connectivity index is 3.17. The predicted octanol–water partition coefficient (Wildman–Crippen LogP) is 0.792. The minimum Gasteiger partial charge on any atom is -0.399 e. The SMILES string of the molecule is CCC(=O)NS(=O)(=O)c1cc(N)ccc1C. The average molecular weight is 242 g/mol. The van der Waals surface area contributed by atoms with E-state index in [0.29, 0.717) is 11.3 Å². The van der Waals surface area contributed by atoms with Crippen LogP contribution < -0.4 is 10.5 Å². The fourth-order valence-corrected chi connectivity index (χ4v) is 2.52. The summed E-state index contributed by atoms with van der Waals surface area (Å²) in [5.74, 6) is -0.540. The van der Waals surface area contributed by atoms with Crippen molar-refractivity contribution in [3.8, 4) is 0 Å². The Kier molecular flexibility index (Phi) is 3.54. The van der Waals surface area contributed by atoms with Gasteiger partial charge in [-0.1, -0.05) is 13.0 Å². The third kappa shape index (κ3) is 2.73. The summed E-state index contributed by atoms with van der Waals surface area (Å²) in [4.78, 5) is 11.1. The second-order valence-corrected chi connectivity index (χ2v) is 5.06. The number of hydrogen-bond donors (Lipinski definition) is 2. The van der Waals surface area contributed by atoms with Crippen LogP contribution in [-0.2, 0) is 14.8 Å². The molecule has 0 aromatic heterocycles. The summed E-state index contributed by atoms with van der Waals surface area (Å²) >= 11 is 0. The van der Waals surface area contributed by atoms with Gasteiger partial charge in [0.25, 0.3) is 10.0 Å². The van der Waals surface area contributed by atoms with Gasteiger partial charge in [0.05, 0.1) is 4.90 Å². The molecule has 0 saturated heterocycles. The molecule has 5 nitrogen and oxygen atoms in total. The maximum absolute atomic E-state index is 11.8. The van der Waals surface area contributed by atoms with Crippen LogP contribution in [0.25, 0.3) is 0 Å². The van der Waals surface area contributed by atoms with Gasteiger partial charge in [-0.2, -0.15) is 0 Å². The van der Waals surface area contributed by atoms with Gasteiger partial charge in [-0.05, 0) is 24.6 Å². The number of amides is 1. The van der Waals surface area contributed by atoms with Crippen LogP contribution in [0.4, 0.5) is 5.69 Å². The average Bonchev–Trinajstić information content (AvgIpc) is 2.20. The lowest BCUT2D eigenvalue weighted by molar-refractivity contribution is -0.119. The molecule has 0 atom stereocenters. The summed E-state index contributed by atoms with van der Waals surface area (Å²) in [7, 11) is -3.80. The van der Waals surface area contributed by atoms with Gasteiger partial charge in [-0.25, -0.2) is 13.1 Å². The van der Waals surface area contributed by atoms with E-state index in [1.54, 1.807) is 26.0 Å². The first-order valence-corrected chi connectivity index (χ1v) is 6.27. The molecule has 1 rings (SSSR count). The molecule has 0 aliphatic rings. The van der Waals surface area contributed by atoms with Gasteiger partial charge in [0.1, 0.15) is 0 Å². The number of benzene rings is 1. The molecule has 0 spiro atoms. The lowest BCUT2D eigenvalue weighted by atomic mass is 10.2. The Labute approximate surface area is 94.7 Å². The number of nitrogens with one attached hydrogen (secondary N) is 1. The lowest BCUT2D eigenvalue weighted by Gasteiger charge is -2.09. The number of aryl methyl sites for hydroxylation is 1. The molecule has 0 heterocycles. The van der Waals surface area contributed by atoms with Crippen molar-refractivity contribution in [2.75, 3.05) is 5.73 Å². The van der Waals surface area contributed by atoms with E-state index in [2.05, 4.69) is 0 Å². The standard InChI is InChI=1S/C10H14N2O3S/c1-3-10(13)12-16(14,15)9-6-8(11)5-4-7(9)2/h4-6H,3,11H2,1-2H3,(H,12,13). The van der Waals surface area contributed by atoms with E-state index in [9.17, 15) is 13.2 Å². The van der Waals surface area contributed by atoms with E-state index in [4.69, 9.17) is 5.73 Å². The van der Waals surface area contributed by atoms with Crippen molar-refractivity contribution in [3.63, 3.8) is 0 Å².